The van der Waals surface area contributed by atoms with E-state index in [4.69, 9.17) is 14.5 Å². The van der Waals surface area contributed by atoms with Crippen LogP contribution < -0.4 is 4.74 Å². The minimum atomic E-state index is -3.92. The van der Waals surface area contributed by atoms with Crippen LogP contribution >= 0.6 is 0 Å². The number of pyridine rings is 1. The molecule has 11 nitrogen and oxygen atoms in total. The van der Waals surface area contributed by atoms with Gasteiger partial charge in [-0.3, -0.25) is 9.78 Å². The molecule has 1 N–H and O–H groups in total. The fourth-order valence-corrected chi connectivity index (χ4v) is 7.22. The van der Waals surface area contributed by atoms with Crippen LogP contribution in [0.2, 0.25) is 0 Å². The van der Waals surface area contributed by atoms with Gasteiger partial charge in [-0.1, -0.05) is 29.5 Å². The Morgan fingerprint density at radius 3 is 2.61 bits per heavy atom. The highest BCUT2D eigenvalue weighted by Gasteiger charge is 2.49. The Morgan fingerprint density at radius 1 is 1.12 bits per heavy atom. The third-order valence-electron chi connectivity index (χ3n) is 7.93. The van der Waals surface area contributed by atoms with E-state index < -0.39 is 27.5 Å². The number of sulfonamides is 1. The van der Waals surface area contributed by atoms with E-state index in [0.29, 0.717) is 23.7 Å². The number of para-hydroxylation sites is 1. The van der Waals surface area contributed by atoms with Crippen LogP contribution in [-0.4, -0.2) is 69.1 Å². The number of aliphatic carboxylic acids is 1. The highest BCUT2D eigenvalue weighted by molar-refractivity contribution is 7.89. The van der Waals surface area contributed by atoms with Gasteiger partial charge in [-0.05, 0) is 61.7 Å². The Kier molecular flexibility index (Phi) is 6.79. The number of hydrogen-bond acceptors (Lipinski definition) is 8. The van der Waals surface area contributed by atoms with Crippen molar-refractivity contribution in [1.29, 1.82) is 0 Å². The topological polar surface area (TPSA) is 137 Å². The lowest BCUT2D eigenvalue weighted by molar-refractivity contribution is -0.165. The fraction of sp³-hybridized carbons (Fsp3) is 0.379. The normalized spacial score (nSPS) is 18.3. The molecule has 6 rings (SSSR count). The second kappa shape index (κ2) is 10.2. The zero-order valence-corrected chi connectivity index (χ0v) is 23.9. The maximum atomic E-state index is 13.8. The lowest BCUT2D eigenvalue weighted by atomic mass is 9.88. The molecule has 4 heterocycles. The largest absolute Gasteiger partial charge is 0.481 e. The summed E-state index contributed by atoms with van der Waals surface area (Å²) in [4.78, 5) is 17.0. The molecule has 1 saturated heterocycles. The molecular formula is C29H31N5O6S. The molecule has 0 saturated carbocycles. The van der Waals surface area contributed by atoms with Crippen LogP contribution in [0.3, 0.4) is 0 Å². The Labute approximate surface area is 237 Å². The molecule has 41 heavy (non-hydrogen) atoms. The summed E-state index contributed by atoms with van der Waals surface area (Å²) in [6.45, 7) is 7.11. The zero-order chi connectivity index (χ0) is 28.9. The van der Waals surface area contributed by atoms with Crippen molar-refractivity contribution >= 4 is 27.0 Å². The standard InChI is InChI=1S/C29H31N5O6S/c1-4-34-24-12-10-20(19(3)28(24)31-32-34)21(13-27(35)36)22-11-9-18(2)23(30-22)14-33-15-29(16-39-17-29)40-25-7-5-6-8-26(25)41(33,37)38/h5-12,21H,4,13-17H2,1-3H3,(H,35,36). The van der Waals surface area contributed by atoms with E-state index in [2.05, 4.69) is 10.3 Å². The predicted molar refractivity (Wildman–Crippen MR) is 149 cm³/mol. The van der Waals surface area contributed by atoms with Crippen molar-refractivity contribution in [2.24, 2.45) is 0 Å². The van der Waals surface area contributed by atoms with Crippen molar-refractivity contribution in [1.82, 2.24) is 24.3 Å². The number of rotatable bonds is 7. The molecule has 1 atom stereocenters. The van der Waals surface area contributed by atoms with Crippen molar-refractivity contribution in [3.8, 4) is 5.75 Å². The Hall–Kier alpha value is -3.87. The number of ether oxygens (including phenoxy) is 2. The third-order valence-corrected chi connectivity index (χ3v) is 9.76. The van der Waals surface area contributed by atoms with Crippen molar-refractivity contribution in [2.45, 2.75) is 56.7 Å². The molecule has 0 bridgehead atoms. The molecular weight excluding hydrogens is 546 g/mol. The first kappa shape index (κ1) is 27.3. The van der Waals surface area contributed by atoms with Gasteiger partial charge in [-0.2, -0.15) is 4.31 Å². The number of fused-ring (bicyclic) bond motifs is 2. The van der Waals surface area contributed by atoms with Gasteiger partial charge in [0, 0.05) is 18.2 Å². The molecule has 2 aromatic heterocycles. The van der Waals surface area contributed by atoms with Gasteiger partial charge in [0.1, 0.15) is 16.2 Å². The number of carboxylic acids is 1. The first-order valence-corrected chi connectivity index (χ1v) is 14.9. The second-order valence-electron chi connectivity index (χ2n) is 10.7. The summed E-state index contributed by atoms with van der Waals surface area (Å²) in [6.07, 6.45) is -0.187. The number of hydrogen-bond donors (Lipinski definition) is 1. The molecule has 2 aromatic carbocycles. The minimum Gasteiger partial charge on any atom is -0.481 e. The van der Waals surface area contributed by atoms with Crippen LogP contribution in [0, 0.1) is 13.8 Å². The molecule has 1 spiro atoms. The van der Waals surface area contributed by atoms with Crippen LogP contribution in [0.1, 0.15) is 47.3 Å². The summed E-state index contributed by atoms with van der Waals surface area (Å²) in [6, 6.07) is 14.1. The van der Waals surface area contributed by atoms with Gasteiger partial charge in [0.05, 0.1) is 43.9 Å². The SMILES string of the molecule is CCn1nnc2c(C)c(C(CC(=O)O)c3ccc(C)c(CN4CC5(COC5)Oc5ccccc5S4(=O)=O)n3)ccc21. The smallest absolute Gasteiger partial charge is 0.304 e. The average Bonchev–Trinajstić information content (AvgIpc) is 3.31. The maximum absolute atomic E-state index is 13.8. The molecule has 0 amide bonds. The quantitative estimate of drug-likeness (QED) is 0.350. The summed E-state index contributed by atoms with van der Waals surface area (Å²) >= 11 is 0. The first-order valence-electron chi connectivity index (χ1n) is 13.5. The van der Waals surface area contributed by atoms with E-state index in [9.17, 15) is 18.3 Å². The molecule has 2 aliphatic rings. The van der Waals surface area contributed by atoms with E-state index in [1.165, 1.54) is 4.31 Å². The zero-order valence-electron chi connectivity index (χ0n) is 23.1. The minimum absolute atomic E-state index is 0.00405. The average molecular weight is 578 g/mol. The fourth-order valence-electron chi connectivity index (χ4n) is 5.63. The molecule has 4 aromatic rings. The van der Waals surface area contributed by atoms with E-state index in [-0.39, 0.29) is 37.6 Å². The van der Waals surface area contributed by atoms with Crippen molar-refractivity contribution in [2.75, 3.05) is 19.8 Å². The van der Waals surface area contributed by atoms with Crippen LogP contribution in [0.25, 0.3) is 11.0 Å². The van der Waals surface area contributed by atoms with E-state index in [1.807, 2.05) is 45.0 Å². The van der Waals surface area contributed by atoms with Gasteiger partial charge in [-0.25, -0.2) is 13.1 Å². The number of benzene rings is 2. The van der Waals surface area contributed by atoms with E-state index in [0.717, 1.165) is 27.7 Å². The first-order chi connectivity index (χ1) is 19.6. The van der Waals surface area contributed by atoms with Crippen LogP contribution in [0.4, 0.5) is 0 Å². The summed E-state index contributed by atoms with van der Waals surface area (Å²) in [5.41, 5.74) is 4.34. The number of nitrogens with zero attached hydrogens (tertiary/aromatic N) is 5. The molecule has 0 radical (unpaired) electrons. The van der Waals surface area contributed by atoms with Gasteiger partial charge >= 0.3 is 5.97 Å². The van der Waals surface area contributed by atoms with Gasteiger partial charge in [0.2, 0.25) is 10.0 Å². The van der Waals surface area contributed by atoms with Crippen LogP contribution in [0.15, 0.2) is 53.4 Å². The lowest BCUT2D eigenvalue weighted by Gasteiger charge is -2.41. The Balaban J connectivity index is 1.40. The summed E-state index contributed by atoms with van der Waals surface area (Å²) in [5, 5.41) is 18.4. The van der Waals surface area contributed by atoms with E-state index >= 15 is 0 Å². The molecule has 214 valence electrons. The summed E-state index contributed by atoms with van der Waals surface area (Å²) in [7, 11) is -3.92. The maximum Gasteiger partial charge on any atom is 0.304 e. The van der Waals surface area contributed by atoms with Crippen LogP contribution in [-0.2, 0) is 32.6 Å². The van der Waals surface area contributed by atoms with Gasteiger partial charge in [-0.15, -0.1) is 5.10 Å². The van der Waals surface area contributed by atoms with Crippen LogP contribution in [0.5, 0.6) is 5.75 Å². The van der Waals surface area contributed by atoms with Crippen molar-refractivity contribution in [3.05, 3.63) is 76.6 Å². The van der Waals surface area contributed by atoms with Gasteiger partial charge < -0.3 is 14.6 Å². The molecule has 12 heteroatoms. The van der Waals surface area contributed by atoms with Crippen molar-refractivity contribution < 1.29 is 27.8 Å². The predicted octanol–water partition coefficient (Wildman–Crippen LogP) is 3.42. The Bertz CT molecular complexity index is 1760. The lowest BCUT2D eigenvalue weighted by Crippen LogP contribution is -2.60. The monoisotopic (exact) mass is 577 g/mol. The molecule has 1 fully saturated rings. The molecule has 0 aliphatic carbocycles. The molecule has 2 aliphatic heterocycles. The highest BCUT2D eigenvalue weighted by atomic mass is 32.2. The van der Waals surface area contributed by atoms with E-state index in [1.54, 1.807) is 28.9 Å². The van der Waals surface area contributed by atoms with Crippen molar-refractivity contribution in [3.63, 3.8) is 0 Å². The number of aromatic nitrogens is 4. The number of carbonyl (C=O) groups is 1. The van der Waals surface area contributed by atoms with Gasteiger partial charge in [0.15, 0.2) is 5.60 Å². The summed E-state index contributed by atoms with van der Waals surface area (Å²) < 4.78 is 42.5. The number of carboxylic acid groups (broad SMARTS) is 1. The third kappa shape index (κ3) is 4.75. The highest BCUT2D eigenvalue weighted by Crippen LogP contribution is 2.38. The number of aryl methyl sites for hydroxylation is 3. The molecule has 1 unspecified atom stereocenters. The van der Waals surface area contributed by atoms with Gasteiger partial charge in [0.25, 0.3) is 0 Å². The Morgan fingerprint density at radius 2 is 1.90 bits per heavy atom. The summed E-state index contributed by atoms with van der Waals surface area (Å²) in [5.74, 6) is -1.23. The second-order valence-corrected chi connectivity index (χ2v) is 12.6.